The summed E-state index contributed by atoms with van der Waals surface area (Å²) < 4.78 is 1.63. The summed E-state index contributed by atoms with van der Waals surface area (Å²) >= 11 is 0. The summed E-state index contributed by atoms with van der Waals surface area (Å²) in [6, 6.07) is 9.97. The van der Waals surface area contributed by atoms with Crippen LogP contribution >= 0.6 is 0 Å². The quantitative estimate of drug-likeness (QED) is 0.870. The van der Waals surface area contributed by atoms with Gasteiger partial charge in [0, 0.05) is 13.5 Å². The molecule has 0 saturated heterocycles. The maximum absolute atomic E-state index is 10.7. The van der Waals surface area contributed by atoms with E-state index >= 15 is 0 Å². The standard InChI is InChI=1S/C13H17N3O/c1-3-13(17,12-10-14-15-16(12)2)9-11-7-5-4-6-8-11/h4-8,10,17H,3,9H2,1-2H3. The van der Waals surface area contributed by atoms with Crippen molar-refractivity contribution in [2.45, 2.75) is 25.4 Å². The predicted octanol–water partition coefficient (Wildman–Crippen LogP) is 1.66. The second-order valence-electron chi connectivity index (χ2n) is 4.29. The second-order valence-corrected chi connectivity index (χ2v) is 4.29. The van der Waals surface area contributed by atoms with E-state index in [1.165, 1.54) is 0 Å². The van der Waals surface area contributed by atoms with Crippen molar-refractivity contribution < 1.29 is 5.11 Å². The third kappa shape index (κ3) is 2.36. The lowest BCUT2D eigenvalue weighted by molar-refractivity contribution is 0.0245. The summed E-state index contributed by atoms with van der Waals surface area (Å²) in [6.45, 7) is 1.97. The Morgan fingerprint density at radius 1 is 1.29 bits per heavy atom. The van der Waals surface area contributed by atoms with Crippen LogP contribution in [0.3, 0.4) is 0 Å². The van der Waals surface area contributed by atoms with Gasteiger partial charge in [0.15, 0.2) is 0 Å². The molecule has 0 fully saturated rings. The molecule has 0 bridgehead atoms. The van der Waals surface area contributed by atoms with Crippen molar-refractivity contribution in [2.75, 3.05) is 0 Å². The van der Waals surface area contributed by atoms with E-state index in [0.29, 0.717) is 12.8 Å². The van der Waals surface area contributed by atoms with E-state index in [9.17, 15) is 5.11 Å². The van der Waals surface area contributed by atoms with Crippen LogP contribution in [0.1, 0.15) is 24.6 Å². The fourth-order valence-corrected chi connectivity index (χ4v) is 2.04. The van der Waals surface area contributed by atoms with Crippen molar-refractivity contribution in [1.29, 1.82) is 0 Å². The minimum atomic E-state index is -0.903. The van der Waals surface area contributed by atoms with Crippen molar-refractivity contribution >= 4 is 0 Å². The maximum Gasteiger partial charge on any atom is 0.112 e. The highest BCUT2D eigenvalue weighted by Crippen LogP contribution is 2.27. The molecule has 2 rings (SSSR count). The van der Waals surface area contributed by atoms with Gasteiger partial charge >= 0.3 is 0 Å². The van der Waals surface area contributed by atoms with Crippen molar-refractivity contribution in [3.8, 4) is 0 Å². The van der Waals surface area contributed by atoms with Crippen molar-refractivity contribution in [1.82, 2.24) is 15.0 Å². The normalized spacial score (nSPS) is 14.5. The molecule has 1 aromatic heterocycles. The Hall–Kier alpha value is -1.68. The first kappa shape index (κ1) is 11.8. The smallest absolute Gasteiger partial charge is 0.112 e. The zero-order valence-electron chi connectivity index (χ0n) is 10.2. The molecular formula is C13H17N3O. The first-order valence-electron chi connectivity index (χ1n) is 5.77. The molecule has 1 aromatic carbocycles. The number of aryl methyl sites for hydroxylation is 1. The van der Waals surface area contributed by atoms with Gasteiger partial charge in [-0.25, -0.2) is 4.68 Å². The SMILES string of the molecule is CCC(O)(Cc1ccccc1)c1cnnn1C. The predicted molar refractivity (Wildman–Crippen MR) is 65.3 cm³/mol. The Labute approximate surface area is 101 Å². The average Bonchev–Trinajstić information content (AvgIpc) is 2.77. The van der Waals surface area contributed by atoms with E-state index in [0.717, 1.165) is 11.3 Å². The van der Waals surface area contributed by atoms with Crippen LogP contribution in [0.5, 0.6) is 0 Å². The van der Waals surface area contributed by atoms with Crippen LogP contribution in [0, 0.1) is 0 Å². The lowest BCUT2D eigenvalue weighted by Gasteiger charge is -2.26. The van der Waals surface area contributed by atoms with Gasteiger partial charge in [0.05, 0.1) is 11.9 Å². The molecule has 4 nitrogen and oxygen atoms in total. The van der Waals surface area contributed by atoms with Crippen LogP contribution in [0.2, 0.25) is 0 Å². The Balaban J connectivity index is 2.30. The van der Waals surface area contributed by atoms with Crippen molar-refractivity contribution in [2.24, 2.45) is 7.05 Å². The molecule has 1 atom stereocenters. The monoisotopic (exact) mass is 231 g/mol. The minimum Gasteiger partial charge on any atom is -0.383 e. The number of hydrogen-bond acceptors (Lipinski definition) is 3. The molecule has 1 unspecified atom stereocenters. The summed E-state index contributed by atoms with van der Waals surface area (Å²) in [5.74, 6) is 0. The van der Waals surface area contributed by atoms with Gasteiger partial charge in [-0.3, -0.25) is 0 Å². The minimum absolute atomic E-state index is 0.575. The van der Waals surface area contributed by atoms with E-state index in [1.54, 1.807) is 17.9 Å². The molecule has 4 heteroatoms. The molecule has 1 heterocycles. The summed E-state index contributed by atoms with van der Waals surface area (Å²) in [7, 11) is 1.80. The first-order valence-corrected chi connectivity index (χ1v) is 5.77. The highest BCUT2D eigenvalue weighted by molar-refractivity contribution is 5.20. The number of aromatic nitrogens is 3. The number of benzene rings is 1. The molecule has 0 amide bonds. The molecule has 1 N–H and O–H groups in total. The molecule has 0 aliphatic rings. The van der Waals surface area contributed by atoms with E-state index in [4.69, 9.17) is 0 Å². The molecule has 0 radical (unpaired) electrons. The summed E-state index contributed by atoms with van der Waals surface area (Å²) in [5.41, 5.74) is 0.960. The van der Waals surface area contributed by atoms with Gasteiger partial charge in [-0.2, -0.15) is 0 Å². The van der Waals surface area contributed by atoms with Gasteiger partial charge in [-0.05, 0) is 12.0 Å². The lowest BCUT2D eigenvalue weighted by Crippen LogP contribution is -2.30. The van der Waals surface area contributed by atoms with E-state index < -0.39 is 5.60 Å². The average molecular weight is 231 g/mol. The molecular weight excluding hydrogens is 214 g/mol. The molecule has 0 aliphatic heterocycles. The maximum atomic E-state index is 10.7. The highest BCUT2D eigenvalue weighted by atomic mass is 16.3. The van der Waals surface area contributed by atoms with Crippen molar-refractivity contribution in [3.63, 3.8) is 0 Å². The van der Waals surface area contributed by atoms with Crippen LogP contribution in [0.25, 0.3) is 0 Å². The zero-order valence-corrected chi connectivity index (χ0v) is 10.2. The highest BCUT2D eigenvalue weighted by Gasteiger charge is 2.30. The van der Waals surface area contributed by atoms with E-state index in [1.807, 2.05) is 37.3 Å². The summed E-state index contributed by atoms with van der Waals surface area (Å²) in [5, 5.41) is 18.4. The second kappa shape index (κ2) is 4.67. The molecule has 0 aliphatic carbocycles. The molecule has 2 aromatic rings. The van der Waals surface area contributed by atoms with Crippen LogP contribution in [0.4, 0.5) is 0 Å². The largest absolute Gasteiger partial charge is 0.383 e. The van der Waals surface area contributed by atoms with Crippen LogP contribution < -0.4 is 0 Å². The van der Waals surface area contributed by atoms with Crippen molar-refractivity contribution in [3.05, 3.63) is 47.8 Å². The zero-order chi connectivity index (χ0) is 12.3. The van der Waals surface area contributed by atoms with Gasteiger partial charge in [0.25, 0.3) is 0 Å². The molecule has 17 heavy (non-hydrogen) atoms. The Bertz CT molecular complexity index is 480. The van der Waals surface area contributed by atoms with Gasteiger partial charge in [0.2, 0.25) is 0 Å². The Morgan fingerprint density at radius 2 is 2.00 bits per heavy atom. The van der Waals surface area contributed by atoms with Gasteiger partial charge < -0.3 is 5.11 Å². The fourth-order valence-electron chi connectivity index (χ4n) is 2.04. The third-order valence-corrected chi connectivity index (χ3v) is 3.12. The van der Waals surface area contributed by atoms with E-state index in [-0.39, 0.29) is 0 Å². The fraction of sp³-hybridized carbons (Fsp3) is 0.385. The number of hydrogen-bond donors (Lipinski definition) is 1. The molecule has 90 valence electrons. The third-order valence-electron chi connectivity index (χ3n) is 3.12. The summed E-state index contributed by atoms with van der Waals surface area (Å²) in [6.07, 6.45) is 2.83. The van der Waals surface area contributed by atoms with Crippen LogP contribution in [0.15, 0.2) is 36.5 Å². The number of aliphatic hydroxyl groups is 1. The van der Waals surface area contributed by atoms with Gasteiger partial charge in [-0.1, -0.05) is 42.5 Å². The Morgan fingerprint density at radius 3 is 2.53 bits per heavy atom. The van der Waals surface area contributed by atoms with Crippen LogP contribution in [-0.2, 0) is 19.1 Å². The summed E-state index contributed by atoms with van der Waals surface area (Å²) in [4.78, 5) is 0. The Kier molecular flexibility index (Phi) is 3.24. The number of rotatable bonds is 4. The van der Waals surface area contributed by atoms with Gasteiger partial charge in [0.1, 0.15) is 5.60 Å². The molecule has 0 saturated carbocycles. The first-order chi connectivity index (χ1) is 8.15. The van der Waals surface area contributed by atoms with Gasteiger partial charge in [-0.15, -0.1) is 5.10 Å². The van der Waals surface area contributed by atoms with E-state index in [2.05, 4.69) is 10.3 Å². The van der Waals surface area contributed by atoms with Crippen LogP contribution in [-0.4, -0.2) is 20.1 Å². The lowest BCUT2D eigenvalue weighted by atomic mass is 9.89. The topological polar surface area (TPSA) is 50.9 Å². The number of nitrogens with zero attached hydrogens (tertiary/aromatic N) is 3. The molecule has 0 spiro atoms.